The van der Waals surface area contributed by atoms with Gasteiger partial charge >= 0.3 is 4.87 Å². The smallest absolute Gasteiger partial charge is 0.305 e. The Morgan fingerprint density at radius 3 is 2.48 bits per heavy atom. The lowest BCUT2D eigenvalue weighted by molar-refractivity contribution is -0.123. The third-order valence-corrected chi connectivity index (χ3v) is 13.1. The minimum Gasteiger partial charge on any atom is -0.483 e. The molecular weight excluding hydrogens is 710 g/mol. The average molecular weight is 737 g/mol. The van der Waals surface area contributed by atoms with Crippen LogP contribution in [0.5, 0.6) is 5.75 Å². The van der Waals surface area contributed by atoms with Crippen molar-refractivity contribution in [1.82, 2.24) is 4.98 Å². The van der Waals surface area contributed by atoms with E-state index < -0.39 is 5.92 Å². The number of benzene rings is 3. The Hall–Kier alpha value is -3.38. The number of nitrogens with zero attached hydrogens (tertiary/aromatic N) is 1. The number of thioether (sulfide) groups is 1. The van der Waals surface area contributed by atoms with Crippen molar-refractivity contribution in [1.29, 1.82) is 0 Å². The molecule has 2 N–H and O–H groups in total. The second-order valence-corrected chi connectivity index (χ2v) is 15.9. The predicted octanol–water partition coefficient (Wildman–Crippen LogP) is 6.86. The van der Waals surface area contributed by atoms with Crippen LogP contribution < -0.4 is 19.8 Å². The molecule has 46 heavy (non-hydrogen) atoms. The van der Waals surface area contributed by atoms with Gasteiger partial charge in [0.05, 0.1) is 22.5 Å². The number of anilines is 2. The lowest BCUT2D eigenvalue weighted by Crippen LogP contribution is -2.42. The van der Waals surface area contributed by atoms with Gasteiger partial charge < -0.3 is 15.0 Å². The van der Waals surface area contributed by atoms with Gasteiger partial charge in [0.2, 0.25) is 11.8 Å². The number of carbonyl (C=O) groups excluding carboxylic acids is 3. The molecule has 4 aromatic rings. The third kappa shape index (κ3) is 4.85. The largest absolute Gasteiger partial charge is 0.483 e. The van der Waals surface area contributed by atoms with Crippen molar-refractivity contribution in [3.8, 4) is 5.75 Å². The first-order valence-corrected chi connectivity index (χ1v) is 17.9. The van der Waals surface area contributed by atoms with Crippen LogP contribution in [-0.2, 0) is 14.4 Å². The first-order chi connectivity index (χ1) is 22.2. The van der Waals surface area contributed by atoms with Gasteiger partial charge in [0.15, 0.2) is 6.61 Å². The summed E-state index contributed by atoms with van der Waals surface area (Å²) in [5.74, 6) is -1.16. The van der Waals surface area contributed by atoms with Gasteiger partial charge in [-0.25, -0.2) is 0 Å². The minimum absolute atomic E-state index is 0.00220. The maximum absolute atomic E-state index is 14.1. The lowest BCUT2D eigenvalue weighted by atomic mass is 9.68. The number of nitrogens with one attached hydrogen (secondary N) is 2. The molecule has 4 unspecified atom stereocenters. The Morgan fingerprint density at radius 2 is 1.74 bits per heavy atom. The molecule has 8 rings (SSSR count). The molecule has 4 aliphatic rings. The molecule has 2 bridgehead atoms. The number of carbonyl (C=O) groups is 3. The highest BCUT2D eigenvalue weighted by Crippen LogP contribution is 2.69. The molecule has 234 valence electrons. The fourth-order valence-corrected chi connectivity index (χ4v) is 11.5. The van der Waals surface area contributed by atoms with E-state index in [1.54, 1.807) is 36.0 Å². The zero-order valence-corrected chi connectivity index (χ0v) is 28.3. The van der Waals surface area contributed by atoms with Gasteiger partial charge in [-0.05, 0) is 85.7 Å². The molecule has 12 heteroatoms. The summed E-state index contributed by atoms with van der Waals surface area (Å²) < 4.78 is 7.02. The maximum atomic E-state index is 14.1. The van der Waals surface area contributed by atoms with E-state index in [0.717, 1.165) is 31.9 Å². The van der Waals surface area contributed by atoms with Crippen LogP contribution >= 0.6 is 50.6 Å². The number of fused-ring (bicyclic) bond motifs is 9. The molecule has 8 nitrogen and oxygen atoms in total. The Balaban J connectivity index is 1.14. The maximum Gasteiger partial charge on any atom is 0.305 e. The Labute approximate surface area is 286 Å². The van der Waals surface area contributed by atoms with Gasteiger partial charge in [-0.15, -0.1) is 11.8 Å². The number of amides is 3. The van der Waals surface area contributed by atoms with Gasteiger partial charge in [-0.2, -0.15) is 0 Å². The van der Waals surface area contributed by atoms with Gasteiger partial charge in [0, 0.05) is 36.8 Å². The van der Waals surface area contributed by atoms with Crippen molar-refractivity contribution in [2.45, 2.75) is 29.5 Å². The second-order valence-electron chi connectivity index (χ2n) is 12.3. The van der Waals surface area contributed by atoms with Gasteiger partial charge in [-0.1, -0.05) is 56.6 Å². The van der Waals surface area contributed by atoms with Gasteiger partial charge in [0.25, 0.3) is 5.91 Å². The zero-order chi connectivity index (χ0) is 31.9. The van der Waals surface area contributed by atoms with E-state index >= 15 is 0 Å². The van der Waals surface area contributed by atoms with Crippen LogP contribution in [0.3, 0.4) is 0 Å². The summed E-state index contributed by atoms with van der Waals surface area (Å²) in [6.07, 6.45) is 0.778. The second kappa shape index (κ2) is 11.4. The lowest BCUT2D eigenvalue weighted by Gasteiger charge is -2.43. The monoisotopic (exact) mass is 735 g/mol. The van der Waals surface area contributed by atoms with Crippen molar-refractivity contribution in [2.75, 3.05) is 16.8 Å². The van der Waals surface area contributed by atoms with E-state index in [1.807, 2.05) is 49.4 Å². The van der Waals surface area contributed by atoms with E-state index in [-0.39, 0.29) is 64.0 Å². The number of ether oxygens (including phenoxy) is 1. The number of aryl methyl sites for hydroxylation is 1. The van der Waals surface area contributed by atoms with Crippen LogP contribution in [0.2, 0.25) is 5.02 Å². The highest BCUT2D eigenvalue weighted by Gasteiger charge is 2.69. The summed E-state index contributed by atoms with van der Waals surface area (Å²) in [5.41, 5.74) is 3.12. The molecule has 3 amide bonds. The highest BCUT2D eigenvalue weighted by molar-refractivity contribution is 9.10. The molecule has 0 radical (unpaired) electrons. The first-order valence-electron chi connectivity index (χ1n) is 15.0. The minimum atomic E-state index is -0.415. The average Bonchev–Trinajstić information content (AvgIpc) is 3.77. The van der Waals surface area contributed by atoms with Crippen molar-refractivity contribution in [3.05, 3.63) is 102 Å². The van der Waals surface area contributed by atoms with E-state index in [2.05, 4.69) is 26.2 Å². The predicted molar refractivity (Wildman–Crippen MR) is 182 cm³/mol. The highest BCUT2D eigenvalue weighted by atomic mass is 79.9. The quantitative estimate of drug-likeness (QED) is 0.210. The molecule has 2 aliphatic carbocycles. The fourth-order valence-electron chi connectivity index (χ4n) is 8.08. The number of hydrogen-bond donors (Lipinski definition) is 2. The first kappa shape index (κ1) is 30.0. The number of H-pyrrole nitrogens is 1. The van der Waals surface area contributed by atoms with E-state index in [4.69, 9.17) is 16.3 Å². The topological polar surface area (TPSA) is 109 Å². The molecule has 7 atom stereocenters. The van der Waals surface area contributed by atoms with Gasteiger partial charge in [0.1, 0.15) is 5.75 Å². The summed E-state index contributed by atoms with van der Waals surface area (Å²) in [7, 11) is 0. The fraction of sp³-hybridized carbons (Fsp3) is 0.294. The Morgan fingerprint density at radius 1 is 1.02 bits per heavy atom. The number of hydrogen-bond acceptors (Lipinski definition) is 7. The van der Waals surface area contributed by atoms with E-state index in [1.165, 1.54) is 16.2 Å². The molecule has 2 saturated carbocycles. The van der Waals surface area contributed by atoms with Crippen molar-refractivity contribution in [2.24, 2.45) is 29.6 Å². The standard InChI is InChI=1S/C34H27BrClN3O5S2/c1-15-2-9-19(10-3-15)39-32(41)27-21-13-22(28(27)33(39)42)29-26(21)25(30-31(45-29)38-34(43)46-30)20-12-16(35)4-11-23(20)44-14-24(40)37-18-7-5-17(36)6-8-18/h2-12,21-22,25-29H,13-14H2,1H3,(H,37,40)(H,38,43)/t21-,22-,25-,26?,27?,28?,29?/m1/s1. The Kier molecular flexibility index (Phi) is 7.43. The summed E-state index contributed by atoms with van der Waals surface area (Å²) in [6.45, 7) is 1.75. The summed E-state index contributed by atoms with van der Waals surface area (Å²) in [4.78, 5) is 58.8. The van der Waals surface area contributed by atoms with Crippen LogP contribution in [0.25, 0.3) is 0 Å². The SMILES string of the molecule is Cc1ccc(N2C(=O)C3C(C2=O)[C@@H]2C[C@H]3C3Sc4[nH]c(=O)sc4[C@H](c4cc(Br)ccc4OCC(=O)Nc4ccc(Cl)cc4)C32)cc1. The summed E-state index contributed by atoms with van der Waals surface area (Å²) in [6, 6.07) is 20.0. The molecule has 3 aromatic carbocycles. The molecule has 3 fully saturated rings. The van der Waals surface area contributed by atoms with Crippen molar-refractivity contribution < 1.29 is 19.1 Å². The number of rotatable bonds is 6. The molecule has 1 aromatic heterocycles. The Bertz CT molecular complexity index is 1960. The molecule has 3 heterocycles. The number of aromatic amines is 1. The number of thiazole rings is 1. The zero-order valence-electron chi connectivity index (χ0n) is 24.4. The number of imide groups is 1. The van der Waals surface area contributed by atoms with Crippen LogP contribution in [0, 0.1) is 36.5 Å². The van der Waals surface area contributed by atoms with Gasteiger partial charge in [-0.3, -0.25) is 24.1 Å². The normalized spacial score (nSPS) is 27.4. The van der Waals surface area contributed by atoms with E-state index in [9.17, 15) is 19.2 Å². The van der Waals surface area contributed by atoms with Crippen LogP contribution in [0.15, 0.2) is 81.0 Å². The molecule has 0 spiro atoms. The summed E-state index contributed by atoms with van der Waals surface area (Å²) >= 11 is 12.4. The molecule has 1 saturated heterocycles. The van der Waals surface area contributed by atoms with Crippen molar-refractivity contribution >= 4 is 79.7 Å². The number of aromatic nitrogens is 1. The van der Waals surface area contributed by atoms with Crippen LogP contribution in [0.4, 0.5) is 11.4 Å². The van der Waals surface area contributed by atoms with Crippen molar-refractivity contribution in [3.63, 3.8) is 0 Å². The van der Waals surface area contributed by atoms with Crippen LogP contribution in [-0.4, -0.2) is 34.6 Å². The molecule has 2 aliphatic heterocycles. The summed E-state index contributed by atoms with van der Waals surface area (Å²) in [5, 5.41) is 4.24. The van der Waals surface area contributed by atoms with E-state index in [0.29, 0.717) is 22.1 Å². The molecular formula is C34H27BrClN3O5S2. The van der Waals surface area contributed by atoms with Crippen LogP contribution in [0.1, 0.15) is 28.3 Å². The number of halogens is 2. The third-order valence-electron chi connectivity index (χ3n) is 9.81.